The molecule has 0 aliphatic carbocycles. The van der Waals surface area contributed by atoms with Gasteiger partial charge in [0.05, 0.1) is 17.4 Å². The quantitative estimate of drug-likeness (QED) is 0.758. The van der Waals surface area contributed by atoms with Crippen LogP contribution in [-0.4, -0.2) is 9.97 Å². The zero-order valence-corrected chi connectivity index (χ0v) is 11.2. The predicted molar refractivity (Wildman–Crippen MR) is 73.8 cm³/mol. The molecule has 2 aromatic rings. The molecule has 0 aliphatic heterocycles. The lowest BCUT2D eigenvalue weighted by Crippen LogP contribution is -2.12. The van der Waals surface area contributed by atoms with E-state index in [2.05, 4.69) is 38.1 Å². The van der Waals surface area contributed by atoms with Gasteiger partial charge in [-0.2, -0.15) is 0 Å². The molecule has 17 heavy (non-hydrogen) atoms. The van der Waals surface area contributed by atoms with Crippen molar-refractivity contribution in [1.82, 2.24) is 9.97 Å². The maximum atomic E-state index is 5.95. The number of aromatic amines is 1. The summed E-state index contributed by atoms with van der Waals surface area (Å²) in [7, 11) is 0. The van der Waals surface area contributed by atoms with Crippen molar-refractivity contribution >= 4 is 27.3 Å². The molecule has 4 N–H and O–H groups in total. The molecule has 2 rings (SSSR count). The molecule has 1 aromatic heterocycles. The summed E-state index contributed by atoms with van der Waals surface area (Å²) < 4.78 is 0.978. The number of nitrogens with two attached hydrogens (primary N) is 1. The molecule has 0 spiro atoms. The SMILES string of the molecule is CCC(Nc1ccc(Br)cc1N)c1ncc[nH]1. The van der Waals surface area contributed by atoms with Gasteiger partial charge in [-0.25, -0.2) is 4.98 Å². The van der Waals surface area contributed by atoms with Crippen LogP contribution >= 0.6 is 15.9 Å². The Kier molecular flexibility index (Phi) is 3.68. The van der Waals surface area contributed by atoms with Gasteiger partial charge in [0.1, 0.15) is 5.82 Å². The number of halogens is 1. The zero-order valence-electron chi connectivity index (χ0n) is 9.57. The average molecular weight is 295 g/mol. The number of nitrogens with one attached hydrogen (secondary N) is 2. The summed E-state index contributed by atoms with van der Waals surface area (Å²) in [6, 6.07) is 5.96. The van der Waals surface area contributed by atoms with Crippen LogP contribution in [0.4, 0.5) is 11.4 Å². The van der Waals surface area contributed by atoms with Crippen molar-refractivity contribution in [1.29, 1.82) is 0 Å². The number of nitrogens with zero attached hydrogens (tertiary/aromatic N) is 1. The molecule has 5 heteroatoms. The number of hydrogen-bond donors (Lipinski definition) is 3. The van der Waals surface area contributed by atoms with Gasteiger partial charge in [-0.15, -0.1) is 0 Å². The molecule has 1 heterocycles. The summed E-state index contributed by atoms with van der Waals surface area (Å²) in [6.45, 7) is 2.11. The molecule has 1 atom stereocenters. The first-order valence-electron chi connectivity index (χ1n) is 5.51. The van der Waals surface area contributed by atoms with Gasteiger partial charge in [0.2, 0.25) is 0 Å². The Morgan fingerprint density at radius 1 is 1.53 bits per heavy atom. The third-order valence-electron chi connectivity index (χ3n) is 2.60. The Morgan fingerprint density at radius 3 is 2.94 bits per heavy atom. The summed E-state index contributed by atoms with van der Waals surface area (Å²) in [6.07, 6.45) is 4.51. The van der Waals surface area contributed by atoms with E-state index in [-0.39, 0.29) is 6.04 Å². The number of hydrogen-bond acceptors (Lipinski definition) is 3. The molecule has 0 saturated heterocycles. The van der Waals surface area contributed by atoms with Gasteiger partial charge in [0.25, 0.3) is 0 Å². The summed E-state index contributed by atoms with van der Waals surface area (Å²) in [5.41, 5.74) is 7.61. The van der Waals surface area contributed by atoms with Crippen molar-refractivity contribution < 1.29 is 0 Å². The number of imidazole rings is 1. The van der Waals surface area contributed by atoms with Gasteiger partial charge in [0.15, 0.2) is 0 Å². The summed E-state index contributed by atoms with van der Waals surface area (Å²) in [4.78, 5) is 7.38. The Labute approximate surface area is 109 Å². The smallest absolute Gasteiger partial charge is 0.128 e. The molecule has 0 radical (unpaired) electrons. The maximum Gasteiger partial charge on any atom is 0.128 e. The van der Waals surface area contributed by atoms with Crippen LogP contribution in [0.25, 0.3) is 0 Å². The average Bonchev–Trinajstić information content (AvgIpc) is 2.81. The normalized spacial score (nSPS) is 12.4. The van der Waals surface area contributed by atoms with E-state index in [0.717, 1.165) is 28.1 Å². The molecule has 4 nitrogen and oxygen atoms in total. The van der Waals surface area contributed by atoms with Gasteiger partial charge in [-0.3, -0.25) is 0 Å². The Balaban J connectivity index is 2.19. The first-order valence-corrected chi connectivity index (χ1v) is 6.31. The first kappa shape index (κ1) is 12.0. The fourth-order valence-corrected chi connectivity index (χ4v) is 2.06. The molecule has 1 aromatic carbocycles. The molecule has 0 aliphatic rings. The van der Waals surface area contributed by atoms with Crippen LogP contribution in [0.2, 0.25) is 0 Å². The predicted octanol–water partition coefficient (Wildman–Crippen LogP) is 3.32. The van der Waals surface area contributed by atoms with Crippen molar-refractivity contribution in [2.24, 2.45) is 0 Å². The van der Waals surface area contributed by atoms with Gasteiger partial charge in [-0.1, -0.05) is 22.9 Å². The highest BCUT2D eigenvalue weighted by Gasteiger charge is 2.12. The van der Waals surface area contributed by atoms with E-state index in [0.29, 0.717) is 0 Å². The second-order valence-electron chi connectivity index (χ2n) is 3.81. The number of nitrogen functional groups attached to an aromatic ring is 1. The Bertz CT molecular complexity index is 481. The van der Waals surface area contributed by atoms with Crippen LogP contribution in [-0.2, 0) is 0 Å². The first-order chi connectivity index (χ1) is 8.20. The van der Waals surface area contributed by atoms with E-state index in [9.17, 15) is 0 Å². The molecule has 1 unspecified atom stereocenters. The lowest BCUT2D eigenvalue weighted by Gasteiger charge is -2.17. The van der Waals surface area contributed by atoms with Crippen LogP contribution in [0.1, 0.15) is 25.2 Å². The molecular weight excluding hydrogens is 280 g/mol. The third kappa shape index (κ3) is 2.79. The van der Waals surface area contributed by atoms with Crippen LogP contribution in [0.5, 0.6) is 0 Å². The van der Waals surface area contributed by atoms with E-state index < -0.39 is 0 Å². The highest BCUT2D eigenvalue weighted by molar-refractivity contribution is 9.10. The van der Waals surface area contributed by atoms with Crippen LogP contribution in [0.3, 0.4) is 0 Å². The van der Waals surface area contributed by atoms with E-state index in [4.69, 9.17) is 5.73 Å². The molecule has 90 valence electrons. The van der Waals surface area contributed by atoms with Crippen molar-refractivity contribution in [2.75, 3.05) is 11.1 Å². The van der Waals surface area contributed by atoms with Gasteiger partial charge >= 0.3 is 0 Å². The molecule has 0 amide bonds. The topological polar surface area (TPSA) is 66.7 Å². The number of H-pyrrole nitrogens is 1. The minimum atomic E-state index is 0.147. The molecular formula is C12H15BrN4. The van der Waals surface area contributed by atoms with Crippen LogP contribution in [0.15, 0.2) is 35.1 Å². The number of anilines is 2. The lowest BCUT2D eigenvalue weighted by molar-refractivity contribution is 0.704. The van der Waals surface area contributed by atoms with Gasteiger partial charge in [-0.05, 0) is 24.6 Å². The van der Waals surface area contributed by atoms with Crippen LogP contribution < -0.4 is 11.1 Å². The second kappa shape index (κ2) is 5.23. The fourth-order valence-electron chi connectivity index (χ4n) is 1.68. The number of rotatable bonds is 4. The Morgan fingerprint density at radius 2 is 2.35 bits per heavy atom. The Hall–Kier alpha value is -1.49. The van der Waals surface area contributed by atoms with Crippen molar-refractivity contribution in [3.05, 3.63) is 40.9 Å². The minimum absolute atomic E-state index is 0.147. The van der Waals surface area contributed by atoms with E-state index in [1.807, 2.05) is 24.4 Å². The fraction of sp³-hybridized carbons (Fsp3) is 0.250. The standard InChI is InChI=1S/C12H15BrN4/c1-2-10(12-15-5-6-16-12)17-11-4-3-8(13)7-9(11)14/h3-7,10,17H,2,14H2,1H3,(H,15,16). The van der Waals surface area contributed by atoms with E-state index in [1.54, 1.807) is 6.20 Å². The van der Waals surface area contributed by atoms with Crippen molar-refractivity contribution in [3.63, 3.8) is 0 Å². The monoisotopic (exact) mass is 294 g/mol. The van der Waals surface area contributed by atoms with Gasteiger partial charge < -0.3 is 16.0 Å². The lowest BCUT2D eigenvalue weighted by atomic mass is 10.2. The summed E-state index contributed by atoms with van der Waals surface area (Å²) in [5, 5.41) is 3.39. The number of benzene rings is 1. The zero-order chi connectivity index (χ0) is 12.3. The summed E-state index contributed by atoms with van der Waals surface area (Å²) in [5.74, 6) is 0.926. The largest absolute Gasteiger partial charge is 0.397 e. The van der Waals surface area contributed by atoms with Gasteiger partial charge in [0, 0.05) is 16.9 Å². The van der Waals surface area contributed by atoms with Crippen molar-refractivity contribution in [2.45, 2.75) is 19.4 Å². The minimum Gasteiger partial charge on any atom is -0.397 e. The van der Waals surface area contributed by atoms with Crippen LogP contribution in [0, 0.1) is 0 Å². The van der Waals surface area contributed by atoms with E-state index in [1.165, 1.54) is 0 Å². The maximum absolute atomic E-state index is 5.95. The molecule has 0 fully saturated rings. The molecule has 0 saturated carbocycles. The highest BCUT2D eigenvalue weighted by Crippen LogP contribution is 2.27. The highest BCUT2D eigenvalue weighted by atomic mass is 79.9. The van der Waals surface area contributed by atoms with E-state index >= 15 is 0 Å². The van der Waals surface area contributed by atoms with Crippen molar-refractivity contribution in [3.8, 4) is 0 Å². The summed E-state index contributed by atoms with van der Waals surface area (Å²) >= 11 is 3.39. The number of aromatic nitrogens is 2. The molecule has 0 bridgehead atoms. The third-order valence-corrected chi connectivity index (χ3v) is 3.09. The second-order valence-corrected chi connectivity index (χ2v) is 4.73.